The second kappa shape index (κ2) is 15.7. The molecule has 0 radical (unpaired) electrons. The van der Waals surface area contributed by atoms with Crippen LogP contribution in [0.1, 0.15) is 85.0 Å². The van der Waals surface area contributed by atoms with Crippen molar-refractivity contribution in [2.24, 2.45) is 11.3 Å². The molecule has 1 atom stereocenters. The predicted octanol–water partition coefficient (Wildman–Crippen LogP) is 12.3. The first-order valence-electron chi connectivity index (χ1n) is 16.2. The van der Waals surface area contributed by atoms with Crippen LogP contribution in [-0.4, -0.2) is 3.21 Å². The van der Waals surface area contributed by atoms with Gasteiger partial charge >= 0.3 is 137 Å². The zero-order valence-electron chi connectivity index (χ0n) is 28.6. The number of aryl methyl sites for hydroxylation is 2. The van der Waals surface area contributed by atoms with E-state index in [2.05, 4.69) is 96.2 Å². The summed E-state index contributed by atoms with van der Waals surface area (Å²) in [5, 5.41) is 0. The van der Waals surface area contributed by atoms with E-state index in [1.54, 1.807) is 0 Å². The molecule has 1 unspecified atom stereocenters. The van der Waals surface area contributed by atoms with Crippen LogP contribution < -0.4 is 0 Å². The van der Waals surface area contributed by atoms with Crippen LogP contribution in [0, 0.1) is 37.3 Å². The van der Waals surface area contributed by atoms with Crippen molar-refractivity contribution in [3.63, 3.8) is 0 Å². The molecule has 2 aliphatic carbocycles. The van der Waals surface area contributed by atoms with Gasteiger partial charge in [-0.15, -0.1) is 11.1 Å². The molecule has 0 nitrogen and oxygen atoms in total. The summed E-state index contributed by atoms with van der Waals surface area (Å²) in [6, 6.07) is 23.7. The predicted molar refractivity (Wildman–Crippen MR) is 183 cm³/mol. The molecular formula is C42H40F6Zr. The SMILES string of the molecule is CCCC1[C-]=CC(C(C)(C)C)=C1.Cc1[c-]c2c(cc1)-c1ccc(C)cc1C2.FC(F)(F)c1ccc([C](=[Zr+2])c2ccc(C(F)(F)F)cc2)cc1. The molecule has 0 saturated heterocycles. The average molecular weight is 750 g/mol. The second-order valence-electron chi connectivity index (χ2n) is 13.5. The standard InChI is InChI=1S/C15H8F6.C15H13.C12H19.Zr/c16-14(17,18)12-5-1-10(2-6-12)9-11-3-7-13(8-4-11)15(19,20)21;1-10-3-5-14-12(7-10)9-13-8-11(2)4-6-15(13)14;1-5-6-10-7-8-11(9-10)12(2,3)4;/h1-8H;3-7H,9H2,1-2H3;8-10H,5-6H2,1-4H3;/q;2*-1;+2. The molecule has 0 N–H and O–H groups in total. The van der Waals surface area contributed by atoms with Crippen molar-refractivity contribution in [3.05, 3.63) is 153 Å². The number of halogens is 6. The van der Waals surface area contributed by atoms with E-state index in [0.29, 0.717) is 25.7 Å². The molecule has 0 saturated carbocycles. The summed E-state index contributed by atoms with van der Waals surface area (Å²) in [6.45, 7) is 13.2. The normalized spacial score (nSPS) is 15.0. The maximum atomic E-state index is 12.5. The summed E-state index contributed by atoms with van der Waals surface area (Å²) in [4.78, 5) is 0. The summed E-state index contributed by atoms with van der Waals surface area (Å²) in [5.41, 5.74) is 9.51. The molecule has 0 aliphatic heterocycles. The van der Waals surface area contributed by atoms with Crippen LogP contribution in [0.15, 0.2) is 96.6 Å². The molecule has 6 rings (SSSR count). The Hall–Kier alpha value is -3.31. The molecule has 4 aromatic rings. The number of alkyl halides is 6. The summed E-state index contributed by atoms with van der Waals surface area (Å²) in [7, 11) is 0. The Labute approximate surface area is 301 Å². The first-order chi connectivity index (χ1) is 22.9. The fourth-order valence-electron chi connectivity index (χ4n) is 5.64. The molecule has 0 fully saturated rings. The van der Waals surface area contributed by atoms with E-state index < -0.39 is 23.5 Å². The molecular weight excluding hydrogens is 710 g/mol. The third kappa shape index (κ3) is 10.4. The van der Waals surface area contributed by atoms with Crippen molar-refractivity contribution < 1.29 is 50.6 Å². The van der Waals surface area contributed by atoms with E-state index in [4.69, 9.17) is 0 Å². The van der Waals surface area contributed by atoms with Gasteiger partial charge < -0.3 is 0 Å². The molecule has 254 valence electrons. The molecule has 0 bridgehead atoms. The number of benzene rings is 4. The van der Waals surface area contributed by atoms with Gasteiger partial charge in [-0.3, -0.25) is 6.08 Å². The Morgan fingerprint density at radius 1 is 0.755 bits per heavy atom. The van der Waals surface area contributed by atoms with Crippen molar-refractivity contribution in [2.75, 3.05) is 0 Å². The van der Waals surface area contributed by atoms with Crippen molar-refractivity contribution in [2.45, 2.75) is 73.2 Å². The molecule has 0 spiro atoms. The Bertz CT molecular complexity index is 1710. The van der Waals surface area contributed by atoms with Crippen molar-refractivity contribution >= 4 is 3.21 Å². The topological polar surface area (TPSA) is 0 Å². The van der Waals surface area contributed by atoms with Gasteiger partial charge in [0.25, 0.3) is 0 Å². The van der Waals surface area contributed by atoms with E-state index >= 15 is 0 Å². The third-order valence-corrected chi connectivity index (χ3v) is 9.81. The van der Waals surface area contributed by atoms with Gasteiger partial charge in [-0.05, 0) is 18.9 Å². The van der Waals surface area contributed by atoms with Gasteiger partial charge in [0.05, 0.1) is 0 Å². The van der Waals surface area contributed by atoms with E-state index in [1.807, 2.05) is 0 Å². The molecule has 0 heterocycles. The fraction of sp³-hybridized carbons (Fsp3) is 0.310. The molecule has 2 aliphatic rings. The fourth-order valence-corrected chi connectivity index (χ4v) is 6.46. The maximum absolute atomic E-state index is 12.5. The van der Waals surface area contributed by atoms with Gasteiger partial charge in [-0.1, -0.05) is 88.1 Å². The van der Waals surface area contributed by atoms with Crippen molar-refractivity contribution in [1.82, 2.24) is 0 Å². The van der Waals surface area contributed by atoms with Crippen LogP contribution in [0.5, 0.6) is 0 Å². The second-order valence-corrected chi connectivity index (χ2v) is 14.7. The van der Waals surface area contributed by atoms with Crippen LogP contribution in [0.3, 0.4) is 0 Å². The Morgan fingerprint density at radius 3 is 1.76 bits per heavy atom. The van der Waals surface area contributed by atoms with Gasteiger partial charge in [0.15, 0.2) is 0 Å². The molecule has 0 aromatic heterocycles. The van der Waals surface area contributed by atoms with Crippen LogP contribution in [-0.2, 0) is 43.0 Å². The summed E-state index contributed by atoms with van der Waals surface area (Å²) in [6.07, 6.45) is 2.66. The van der Waals surface area contributed by atoms with E-state index in [0.717, 1.165) is 54.9 Å². The quantitative estimate of drug-likeness (QED) is 0.127. The van der Waals surface area contributed by atoms with E-state index in [9.17, 15) is 26.3 Å². The molecule has 7 heteroatoms. The van der Waals surface area contributed by atoms with Crippen LogP contribution in [0.2, 0.25) is 0 Å². The van der Waals surface area contributed by atoms with Crippen LogP contribution in [0.4, 0.5) is 26.3 Å². The molecule has 4 aromatic carbocycles. The number of rotatable bonds is 4. The van der Waals surface area contributed by atoms with Gasteiger partial charge in [0.2, 0.25) is 0 Å². The molecule has 0 amide bonds. The van der Waals surface area contributed by atoms with Crippen molar-refractivity contribution in [1.29, 1.82) is 0 Å². The number of hydrogen-bond acceptors (Lipinski definition) is 0. The van der Waals surface area contributed by atoms with Crippen molar-refractivity contribution in [3.8, 4) is 11.1 Å². The van der Waals surface area contributed by atoms with Gasteiger partial charge in [0, 0.05) is 0 Å². The minimum absolute atomic E-state index is 0.301. The Balaban J connectivity index is 0.000000174. The number of hydrogen-bond donors (Lipinski definition) is 0. The van der Waals surface area contributed by atoms with E-state index in [1.165, 1.54) is 76.1 Å². The molecule has 49 heavy (non-hydrogen) atoms. The van der Waals surface area contributed by atoms with Crippen LogP contribution >= 0.6 is 0 Å². The van der Waals surface area contributed by atoms with E-state index in [-0.39, 0.29) is 0 Å². The van der Waals surface area contributed by atoms with Gasteiger partial charge in [-0.2, -0.15) is 35.4 Å². The number of fused-ring (bicyclic) bond motifs is 3. The summed E-state index contributed by atoms with van der Waals surface area (Å²) < 4.78 is 75.6. The summed E-state index contributed by atoms with van der Waals surface area (Å²) >= 11 is 0.898. The number of allylic oxidation sites excluding steroid dienone is 4. The van der Waals surface area contributed by atoms with Gasteiger partial charge in [0.1, 0.15) is 0 Å². The minimum atomic E-state index is -4.41. The first-order valence-corrected chi connectivity index (χ1v) is 17.5. The first kappa shape index (κ1) is 38.5. The van der Waals surface area contributed by atoms with Gasteiger partial charge in [-0.25, -0.2) is 6.08 Å². The van der Waals surface area contributed by atoms with Crippen LogP contribution in [0.25, 0.3) is 11.1 Å². The Morgan fingerprint density at radius 2 is 1.29 bits per heavy atom. The summed E-state index contributed by atoms with van der Waals surface area (Å²) in [5.74, 6) is 0.587. The monoisotopic (exact) mass is 748 g/mol. The Kier molecular flexibility index (Phi) is 12.3. The zero-order chi connectivity index (χ0) is 36.1. The zero-order valence-corrected chi connectivity index (χ0v) is 31.1. The third-order valence-electron chi connectivity index (χ3n) is 8.39. The average Bonchev–Trinajstić information content (AvgIpc) is 3.65.